The summed E-state index contributed by atoms with van der Waals surface area (Å²) < 4.78 is 1.26. The molecule has 0 spiro atoms. The zero-order valence-electron chi connectivity index (χ0n) is 7.98. The van der Waals surface area contributed by atoms with Crippen LogP contribution in [0.2, 0.25) is 0 Å². The first-order valence-corrected chi connectivity index (χ1v) is 6.46. The minimum atomic E-state index is 0.549. The Morgan fingerprint density at radius 1 is 1.13 bits per heavy atom. The average Bonchev–Trinajstić information content (AvgIpc) is 2.64. The fourth-order valence-corrected chi connectivity index (χ4v) is 2.24. The fraction of sp³-hybridized carbons (Fsp3) is 0.200. The van der Waals surface area contributed by atoms with Crippen molar-refractivity contribution >= 4 is 39.1 Å². The molecule has 2 rings (SSSR count). The first-order chi connectivity index (χ1) is 7.24. The molecule has 0 aliphatic carbocycles. The maximum absolute atomic E-state index is 5.51. The van der Waals surface area contributed by atoms with Gasteiger partial charge < -0.3 is 5.73 Å². The quantitative estimate of drug-likeness (QED) is 0.880. The van der Waals surface area contributed by atoms with E-state index in [0.717, 1.165) is 17.8 Å². The summed E-state index contributed by atoms with van der Waals surface area (Å²) in [5, 5.41) is 9.33. The number of halogens is 1. The smallest absolute Gasteiger partial charge is 0.203 e. The van der Waals surface area contributed by atoms with E-state index in [2.05, 4.69) is 57.1 Å². The Bertz CT molecular complexity index is 438. The van der Waals surface area contributed by atoms with Crippen LogP contribution in [-0.2, 0) is 12.8 Å². The summed E-state index contributed by atoms with van der Waals surface area (Å²) in [5.74, 6) is 0. The molecule has 0 radical (unpaired) electrons. The van der Waals surface area contributed by atoms with Crippen molar-refractivity contribution < 1.29 is 0 Å². The molecule has 0 unspecified atom stereocenters. The molecule has 0 bridgehead atoms. The van der Waals surface area contributed by atoms with Gasteiger partial charge in [0.1, 0.15) is 5.01 Å². The lowest BCUT2D eigenvalue weighted by Gasteiger charge is -1.98. The fourth-order valence-electron chi connectivity index (χ4n) is 1.27. The molecule has 1 aromatic carbocycles. The lowest BCUT2D eigenvalue weighted by atomic mass is 10.1. The molecule has 0 saturated heterocycles. The van der Waals surface area contributed by atoms with E-state index >= 15 is 0 Å². The summed E-state index contributed by atoms with van der Waals surface area (Å²) in [6.45, 7) is 0. The lowest BCUT2D eigenvalue weighted by Crippen LogP contribution is -1.90. The molecule has 3 nitrogen and oxygen atoms in total. The third-order valence-electron chi connectivity index (χ3n) is 2.02. The van der Waals surface area contributed by atoms with Gasteiger partial charge in [0, 0.05) is 9.99 Å². The number of nitrogens with two attached hydrogens (primary N) is 1. The van der Waals surface area contributed by atoms with Gasteiger partial charge in [0.05, 0.1) is 0 Å². The molecule has 0 atom stereocenters. The van der Waals surface area contributed by atoms with Crippen molar-refractivity contribution in [3.63, 3.8) is 0 Å². The van der Waals surface area contributed by atoms with Crippen LogP contribution >= 0.6 is 33.9 Å². The van der Waals surface area contributed by atoms with E-state index in [4.69, 9.17) is 5.73 Å². The van der Waals surface area contributed by atoms with Crippen LogP contribution < -0.4 is 5.73 Å². The van der Waals surface area contributed by atoms with E-state index in [1.165, 1.54) is 20.5 Å². The van der Waals surface area contributed by atoms with E-state index in [1.807, 2.05) is 0 Å². The molecule has 1 heterocycles. The van der Waals surface area contributed by atoms with E-state index in [0.29, 0.717) is 5.13 Å². The summed E-state index contributed by atoms with van der Waals surface area (Å²) in [6, 6.07) is 8.52. The number of anilines is 1. The van der Waals surface area contributed by atoms with Crippen molar-refractivity contribution in [2.75, 3.05) is 5.73 Å². The maximum Gasteiger partial charge on any atom is 0.203 e. The topological polar surface area (TPSA) is 51.8 Å². The van der Waals surface area contributed by atoms with Crippen molar-refractivity contribution in [2.24, 2.45) is 0 Å². The van der Waals surface area contributed by atoms with Crippen LogP contribution in [-0.4, -0.2) is 10.2 Å². The first-order valence-electron chi connectivity index (χ1n) is 4.56. The number of rotatable bonds is 3. The van der Waals surface area contributed by atoms with E-state index < -0.39 is 0 Å². The third kappa shape index (κ3) is 3.13. The summed E-state index contributed by atoms with van der Waals surface area (Å²) in [6.07, 6.45) is 1.90. The van der Waals surface area contributed by atoms with Gasteiger partial charge in [0.25, 0.3) is 0 Å². The molecule has 78 valence electrons. The second kappa shape index (κ2) is 4.89. The van der Waals surface area contributed by atoms with Gasteiger partial charge in [0.15, 0.2) is 0 Å². The van der Waals surface area contributed by atoms with Gasteiger partial charge in [-0.2, -0.15) is 0 Å². The van der Waals surface area contributed by atoms with Gasteiger partial charge in [-0.25, -0.2) is 0 Å². The highest BCUT2D eigenvalue weighted by atomic mass is 127. The Morgan fingerprint density at radius 2 is 1.87 bits per heavy atom. The van der Waals surface area contributed by atoms with Crippen LogP contribution in [0, 0.1) is 3.57 Å². The molecule has 15 heavy (non-hydrogen) atoms. The number of benzene rings is 1. The summed E-state index contributed by atoms with van der Waals surface area (Å²) in [4.78, 5) is 0. The second-order valence-corrected chi connectivity index (χ2v) is 5.50. The van der Waals surface area contributed by atoms with Gasteiger partial charge in [-0.1, -0.05) is 23.5 Å². The van der Waals surface area contributed by atoms with Gasteiger partial charge in [-0.05, 0) is 46.7 Å². The summed E-state index contributed by atoms with van der Waals surface area (Å²) in [7, 11) is 0. The monoisotopic (exact) mass is 331 g/mol. The average molecular weight is 331 g/mol. The van der Waals surface area contributed by atoms with Crippen molar-refractivity contribution in [1.29, 1.82) is 0 Å². The third-order valence-corrected chi connectivity index (χ3v) is 3.55. The predicted molar refractivity (Wildman–Crippen MR) is 70.9 cm³/mol. The van der Waals surface area contributed by atoms with E-state index in [9.17, 15) is 0 Å². The van der Waals surface area contributed by atoms with Gasteiger partial charge in [-0.3, -0.25) is 0 Å². The SMILES string of the molecule is Nc1nnc(CCc2ccc(I)cc2)s1. The maximum atomic E-state index is 5.51. The van der Waals surface area contributed by atoms with Gasteiger partial charge in [-0.15, -0.1) is 10.2 Å². The number of hydrogen-bond acceptors (Lipinski definition) is 4. The lowest BCUT2D eigenvalue weighted by molar-refractivity contribution is 0.905. The van der Waals surface area contributed by atoms with Gasteiger partial charge >= 0.3 is 0 Å². The molecule has 0 aliphatic heterocycles. The Kier molecular flexibility index (Phi) is 3.53. The normalized spacial score (nSPS) is 10.5. The minimum absolute atomic E-state index is 0.549. The first kappa shape index (κ1) is 10.8. The highest BCUT2D eigenvalue weighted by Gasteiger charge is 2.01. The van der Waals surface area contributed by atoms with Crippen molar-refractivity contribution in [3.8, 4) is 0 Å². The van der Waals surface area contributed by atoms with Crippen molar-refractivity contribution in [3.05, 3.63) is 38.4 Å². The second-order valence-electron chi connectivity index (χ2n) is 3.16. The molecular weight excluding hydrogens is 321 g/mol. The summed E-state index contributed by atoms with van der Waals surface area (Å²) >= 11 is 3.77. The zero-order valence-corrected chi connectivity index (χ0v) is 11.0. The van der Waals surface area contributed by atoms with Crippen LogP contribution in [0.4, 0.5) is 5.13 Å². The Morgan fingerprint density at radius 3 is 2.47 bits per heavy atom. The molecule has 1 aromatic heterocycles. The van der Waals surface area contributed by atoms with Crippen LogP contribution in [0.15, 0.2) is 24.3 Å². The van der Waals surface area contributed by atoms with Crippen LogP contribution in [0.25, 0.3) is 0 Å². The molecule has 0 aliphatic rings. The molecule has 0 amide bonds. The minimum Gasteiger partial charge on any atom is -0.374 e. The van der Waals surface area contributed by atoms with E-state index in [-0.39, 0.29) is 0 Å². The number of aryl methyl sites for hydroxylation is 2. The highest BCUT2D eigenvalue weighted by molar-refractivity contribution is 14.1. The molecule has 5 heteroatoms. The Hall–Kier alpha value is -0.690. The van der Waals surface area contributed by atoms with Crippen molar-refractivity contribution in [2.45, 2.75) is 12.8 Å². The van der Waals surface area contributed by atoms with Crippen LogP contribution in [0.3, 0.4) is 0 Å². The number of nitrogens with zero attached hydrogens (tertiary/aromatic N) is 2. The standard InChI is InChI=1S/C10H10IN3S/c11-8-4-1-7(2-5-8)3-6-9-13-14-10(12)15-9/h1-2,4-5H,3,6H2,(H2,12,14). The highest BCUT2D eigenvalue weighted by Crippen LogP contribution is 2.14. The van der Waals surface area contributed by atoms with E-state index in [1.54, 1.807) is 0 Å². The summed E-state index contributed by atoms with van der Waals surface area (Å²) in [5.41, 5.74) is 6.83. The number of aromatic nitrogens is 2. The van der Waals surface area contributed by atoms with Gasteiger partial charge in [0.2, 0.25) is 5.13 Å². The Balaban J connectivity index is 1.96. The number of hydrogen-bond donors (Lipinski definition) is 1. The molecule has 2 aromatic rings. The largest absolute Gasteiger partial charge is 0.374 e. The van der Waals surface area contributed by atoms with Crippen LogP contribution in [0.5, 0.6) is 0 Å². The predicted octanol–water partition coefficient (Wildman–Crippen LogP) is 2.51. The van der Waals surface area contributed by atoms with Crippen LogP contribution in [0.1, 0.15) is 10.6 Å². The molecular formula is C10H10IN3S. The molecule has 0 saturated carbocycles. The molecule has 2 N–H and O–H groups in total. The molecule has 0 fully saturated rings. The number of nitrogen functional groups attached to an aromatic ring is 1. The van der Waals surface area contributed by atoms with Crippen molar-refractivity contribution in [1.82, 2.24) is 10.2 Å². The zero-order chi connectivity index (χ0) is 10.7. The Labute approximate surface area is 106 Å².